The molecule has 0 aliphatic carbocycles. The van der Waals surface area contributed by atoms with Crippen molar-refractivity contribution < 1.29 is 18.3 Å². The first-order valence-corrected chi connectivity index (χ1v) is 9.85. The number of ether oxygens (including phenoxy) is 1. The molecule has 1 aromatic carbocycles. The minimum absolute atomic E-state index is 0.0438. The molecule has 0 spiro atoms. The van der Waals surface area contributed by atoms with Crippen LogP contribution in [0, 0.1) is 5.82 Å². The lowest BCUT2D eigenvalue weighted by molar-refractivity contribution is 0.0783. The summed E-state index contributed by atoms with van der Waals surface area (Å²) in [6.07, 6.45) is 3.58. The van der Waals surface area contributed by atoms with Gasteiger partial charge in [-0.1, -0.05) is 11.6 Å². The first-order chi connectivity index (χ1) is 15.0. The van der Waals surface area contributed by atoms with E-state index < -0.39 is 12.0 Å². The Morgan fingerprint density at radius 2 is 2.16 bits per heavy atom. The Labute approximate surface area is 182 Å². The zero-order valence-electron chi connectivity index (χ0n) is 16.5. The van der Waals surface area contributed by atoms with Gasteiger partial charge in [-0.05, 0) is 30.7 Å². The number of amides is 1. The molecule has 4 rings (SSSR count). The van der Waals surface area contributed by atoms with E-state index in [2.05, 4.69) is 20.3 Å². The molecule has 1 atom stereocenters. The minimum atomic E-state index is -1.03. The van der Waals surface area contributed by atoms with Crippen LogP contribution in [0.1, 0.15) is 16.8 Å². The van der Waals surface area contributed by atoms with Gasteiger partial charge in [0, 0.05) is 24.0 Å². The highest BCUT2D eigenvalue weighted by Crippen LogP contribution is 2.31. The van der Waals surface area contributed by atoms with Crippen LogP contribution in [0.25, 0.3) is 11.4 Å². The quantitative estimate of drug-likeness (QED) is 0.631. The second-order valence-corrected chi connectivity index (χ2v) is 7.35. The van der Waals surface area contributed by atoms with Gasteiger partial charge in [-0.25, -0.2) is 18.7 Å². The van der Waals surface area contributed by atoms with E-state index in [1.165, 1.54) is 48.8 Å². The Hall–Kier alpha value is -3.33. The summed E-state index contributed by atoms with van der Waals surface area (Å²) in [4.78, 5) is 26.9. The van der Waals surface area contributed by atoms with Crippen LogP contribution < -0.4 is 10.1 Å². The molecule has 0 radical (unpaired) electrons. The predicted octanol–water partition coefficient (Wildman–Crippen LogP) is 4.27. The van der Waals surface area contributed by atoms with Gasteiger partial charge < -0.3 is 15.0 Å². The average molecular weight is 446 g/mol. The Bertz CT molecular complexity index is 1130. The van der Waals surface area contributed by atoms with Crippen LogP contribution in [0.2, 0.25) is 5.02 Å². The van der Waals surface area contributed by atoms with Crippen LogP contribution in [0.4, 0.5) is 20.3 Å². The second kappa shape index (κ2) is 8.81. The van der Waals surface area contributed by atoms with E-state index in [-0.39, 0.29) is 41.0 Å². The van der Waals surface area contributed by atoms with Gasteiger partial charge in [0.2, 0.25) is 0 Å². The summed E-state index contributed by atoms with van der Waals surface area (Å²) in [5.74, 6) is -0.284. The number of carbonyl (C=O) groups excluding carboxylic acids is 1. The van der Waals surface area contributed by atoms with E-state index in [0.29, 0.717) is 23.7 Å². The molecule has 1 aliphatic heterocycles. The molecule has 2 aromatic heterocycles. The number of halogens is 3. The monoisotopic (exact) mass is 445 g/mol. The summed E-state index contributed by atoms with van der Waals surface area (Å²) >= 11 is 5.98. The fourth-order valence-electron chi connectivity index (χ4n) is 3.28. The van der Waals surface area contributed by atoms with Crippen molar-refractivity contribution >= 4 is 29.0 Å². The molecule has 1 aliphatic rings. The number of hydrogen-bond donors (Lipinski definition) is 1. The largest absolute Gasteiger partial charge is 0.491 e. The lowest BCUT2D eigenvalue weighted by Gasteiger charge is -2.18. The smallest absolute Gasteiger partial charge is 0.257 e. The topological polar surface area (TPSA) is 80.2 Å². The summed E-state index contributed by atoms with van der Waals surface area (Å²) in [5.41, 5.74) is 0.778. The second-order valence-electron chi connectivity index (χ2n) is 6.92. The summed E-state index contributed by atoms with van der Waals surface area (Å²) in [7, 11) is 1.44. The maximum atomic E-state index is 14.3. The highest BCUT2D eigenvalue weighted by Gasteiger charge is 2.28. The van der Waals surface area contributed by atoms with Crippen LogP contribution in [0.5, 0.6) is 5.75 Å². The summed E-state index contributed by atoms with van der Waals surface area (Å²) in [6, 6.07) is 5.67. The maximum absolute atomic E-state index is 14.3. The van der Waals surface area contributed by atoms with Crippen molar-refractivity contribution in [3.05, 3.63) is 59.3 Å². The van der Waals surface area contributed by atoms with Gasteiger partial charge in [0.05, 0.1) is 36.7 Å². The van der Waals surface area contributed by atoms with Crippen LogP contribution in [-0.2, 0) is 0 Å². The van der Waals surface area contributed by atoms with E-state index in [9.17, 15) is 13.6 Å². The predicted molar refractivity (Wildman–Crippen MR) is 112 cm³/mol. The standard InChI is InChI=1S/C21H18ClF2N5O2/c1-31-18-10-26-19(14-8-12(22)2-3-16(14)24)28-20(18)27-17-4-6-25-9-15(17)21(30)29-7-5-13(23)11-29/h2-4,6,8-10,13H,5,7,11H2,1H3,(H,25,26,27,28). The van der Waals surface area contributed by atoms with E-state index >= 15 is 0 Å². The van der Waals surface area contributed by atoms with Crippen LogP contribution in [0.15, 0.2) is 42.9 Å². The van der Waals surface area contributed by atoms with Crippen LogP contribution in [0.3, 0.4) is 0 Å². The van der Waals surface area contributed by atoms with Crippen LogP contribution in [-0.4, -0.2) is 52.1 Å². The van der Waals surface area contributed by atoms with Crippen molar-refractivity contribution in [1.82, 2.24) is 19.9 Å². The van der Waals surface area contributed by atoms with Gasteiger partial charge in [-0.15, -0.1) is 0 Å². The first-order valence-electron chi connectivity index (χ1n) is 9.47. The van der Waals surface area contributed by atoms with Crippen LogP contribution >= 0.6 is 11.6 Å². The normalized spacial score (nSPS) is 15.7. The van der Waals surface area contributed by atoms with Gasteiger partial charge in [-0.3, -0.25) is 9.78 Å². The Morgan fingerprint density at radius 3 is 2.90 bits per heavy atom. The van der Waals surface area contributed by atoms with Crippen molar-refractivity contribution in [3.63, 3.8) is 0 Å². The number of hydrogen-bond acceptors (Lipinski definition) is 6. The number of carbonyl (C=O) groups is 1. The lowest BCUT2D eigenvalue weighted by Crippen LogP contribution is -2.29. The summed E-state index contributed by atoms with van der Waals surface area (Å²) in [5, 5.41) is 3.38. The molecule has 1 saturated heterocycles. The molecule has 160 valence electrons. The Balaban J connectivity index is 1.70. The fraction of sp³-hybridized carbons (Fsp3) is 0.238. The third-order valence-corrected chi connectivity index (χ3v) is 5.10. The van der Waals surface area contributed by atoms with E-state index in [1.807, 2.05) is 0 Å². The lowest BCUT2D eigenvalue weighted by atomic mass is 10.2. The number of pyridine rings is 1. The van der Waals surface area contributed by atoms with E-state index in [1.54, 1.807) is 6.07 Å². The molecule has 1 amide bonds. The molecule has 0 saturated carbocycles. The SMILES string of the molecule is COc1cnc(-c2cc(Cl)ccc2F)nc1Nc1ccncc1C(=O)N1CCC(F)C1. The number of anilines is 2. The number of nitrogens with one attached hydrogen (secondary N) is 1. The molecule has 1 unspecified atom stereocenters. The van der Waals surface area contributed by atoms with Gasteiger partial charge in [-0.2, -0.15) is 0 Å². The highest BCUT2D eigenvalue weighted by atomic mass is 35.5. The number of rotatable bonds is 5. The first kappa shape index (κ1) is 20.9. The molecule has 3 heterocycles. The third-order valence-electron chi connectivity index (χ3n) is 4.87. The molecule has 10 heteroatoms. The Kier molecular flexibility index (Phi) is 5.94. The minimum Gasteiger partial charge on any atom is -0.491 e. The number of benzene rings is 1. The summed E-state index contributed by atoms with van der Waals surface area (Å²) in [6.45, 7) is 0.380. The zero-order chi connectivity index (χ0) is 22.0. The number of nitrogens with zero attached hydrogens (tertiary/aromatic N) is 4. The van der Waals surface area contributed by atoms with Gasteiger partial charge in [0.25, 0.3) is 5.91 Å². The Morgan fingerprint density at radius 1 is 1.32 bits per heavy atom. The van der Waals surface area contributed by atoms with Crippen molar-refractivity contribution in [3.8, 4) is 17.1 Å². The number of methoxy groups -OCH3 is 1. The maximum Gasteiger partial charge on any atom is 0.257 e. The average Bonchev–Trinajstić information content (AvgIpc) is 3.21. The number of alkyl halides is 1. The van der Waals surface area contributed by atoms with Gasteiger partial charge in [0.15, 0.2) is 17.4 Å². The molecule has 3 aromatic rings. The molecule has 0 bridgehead atoms. The highest BCUT2D eigenvalue weighted by molar-refractivity contribution is 6.30. The molecular formula is C21H18ClF2N5O2. The molecule has 7 nitrogen and oxygen atoms in total. The van der Waals surface area contributed by atoms with Crippen molar-refractivity contribution in [2.75, 3.05) is 25.5 Å². The van der Waals surface area contributed by atoms with E-state index in [0.717, 1.165) is 0 Å². The van der Waals surface area contributed by atoms with E-state index in [4.69, 9.17) is 16.3 Å². The summed E-state index contributed by atoms with van der Waals surface area (Å²) < 4.78 is 33.2. The van der Waals surface area contributed by atoms with Crippen molar-refractivity contribution in [2.45, 2.75) is 12.6 Å². The molecule has 1 fully saturated rings. The van der Waals surface area contributed by atoms with Crippen molar-refractivity contribution in [2.24, 2.45) is 0 Å². The van der Waals surface area contributed by atoms with Crippen molar-refractivity contribution in [1.29, 1.82) is 0 Å². The molecule has 31 heavy (non-hydrogen) atoms. The zero-order valence-corrected chi connectivity index (χ0v) is 17.2. The van der Waals surface area contributed by atoms with Gasteiger partial charge in [0.1, 0.15) is 12.0 Å². The molecular weight excluding hydrogens is 428 g/mol. The third kappa shape index (κ3) is 4.41. The van der Waals surface area contributed by atoms with Gasteiger partial charge >= 0.3 is 0 Å². The number of likely N-dealkylation sites (tertiary alicyclic amines) is 1. The fourth-order valence-corrected chi connectivity index (χ4v) is 3.45. The number of aromatic nitrogens is 3. The molecule has 1 N–H and O–H groups in total.